The number of aliphatic hydroxyl groups excluding tert-OH is 1. The smallest absolute Gasteiger partial charge is 0.305 e. The molecule has 1 aliphatic heterocycles. The molecule has 0 bridgehead atoms. The number of aliphatic imine (C=N–C) groups is 2. The lowest BCUT2D eigenvalue weighted by molar-refractivity contribution is -0.140. The monoisotopic (exact) mass is 472 g/mol. The van der Waals surface area contributed by atoms with Crippen LogP contribution in [0.3, 0.4) is 0 Å². The third-order valence-electron chi connectivity index (χ3n) is 4.80. The van der Waals surface area contributed by atoms with Crippen molar-refractivity contribution in [2.45, 2.75) is 38.3 Å². The first-order chi connectivity index (χ1) is 14.5. The number of esters is 1. The summed E-state index contributed by atoms with van der Waals surface area (Å²) in [5.74, 6) is 0.308. The fourth-order valence-electron chi connectivity index (χ4n) is 3.07. The molecule has 1 aromatic carbocycles. The maximum Gasteiger partial charge on any atom is 0.305 e. The van der Waals surface area contributed by atoms with Gasteiger partial charge in [-0.15, -0.1) is 0 Å². The number of carbonyl (C=O) groups is 1. The molecule has 7 nitrogen and oxygen atoms in total. The second kappa shape index (κ2) is 10.4. The molecule has 1 aromatic heterocycles. The van der Waals surface area contributed by atoms with Gasteiger partial charge >= 0.3 is 5.97 Å². The van der Waals surface area contributed by atoms with Gasteiger partial charge in [-0.3, -0.25) is 19.8 Å². The number of benzodiazepines with no additional fused rings is 1. The van der Waals surface area contributed by atoms with Gasteiger partial charge in [-0.2, -0.15) is 0 Å². The molecule has 1 aliphatic rings. The molecule has 2 aromatic rings. The van der Waals surface area contributed by atoms with Gasteiger partial charge in [0.1, 0.15) is 11.9 Å². The Balaban J connectivity index is 2.09. The van der Waals surface area contributed by atoms with E-state index in [1.54, 1.807) is 6.20 Å². The zero-order valence-electron chi connectivity index (χ0n) is 17.0. The van der Waals surface area contributed by atoms with E-state index in [0.29, 0.717) is 18.7 Å². The topological polar surface area (TPSA) is 96.2 Å². The van der Waals surface area contributed by atoms with Gasteiger partial charge in [0.25, 0.3) is 0 Å². The number of nitrogens with zero attached hydrogens (tertiary/aromatic N) is 3. The molecule has 3 rings (SSSR count). The third kappa shape index (κ3) is 5.52. The average molecular weight is 473 g/mol. The number of hydrogen-bond acceptors (Lipinski definition) is 6. The van der Waals surface area contributed by atoms with Gasteiger partial charge in [-0.05, 0) is 43.2 Å². The lowest BCUT2D eigenvalue weighted by Crippen LogP contribution is -2.28. The average Bonchev–Trinajstić information content (AvgIpc) is 2.92. The molecule has 0 amide bonds. The van der Waals surface area contributed by atoms with Crippen molar-refractivity contribution in [3.8, 4) is 0 Å². The second-order valence-electron chi connectivity index (χ2n) is 6.93. The first kappa shape index (κ1) is 22.1. The summed E-state index contributed by atoms with van der Waals surface area (Å²) in [4.78, 5) is 25.9. The number of ether oxygens (including phenoxy) is 1. The van der Waals surface area contributed by atoms with Crippen molar-refractivity contribution in [2.75, 3.05) is 19.0 Å². The molecule has 0 fully saturated rings. The first-order valence-corrected chi connectivity index (χ1v) is 10.7. The summed E-state index contributed by atoms with van der Waals surface area (Å²) in [5, 5.41) is 13.4. The number of anilines is 1. The van der Waals surface area contributed by atoms with E-state index >= 15 is 0 Å². The number of benzene rings is 1. The molecule has 2 atom stereocenters. The van der Waals surface area contributed by atoms with E-state index < -0.39 is 12.1 Å². The standard InChI is InChI=1S/C22H25BrN4O3/c1-3-15(28)13-25-22-19(9-10-20(29)30-2)26-21(18-6-4-5-11-24-18)16-12-14(23)7-8-17(16)27-22/h4-8,11-12,15,19,28H,3,9-10,13H2,1-2H3,(H,25,27)/t15?,19-/m0/s1. The quantitative estimate of drug-likeness (QED) is 0.600. The molecule has 0 aliphatic carbocycles. The number of amidine groups is 1. The highest BCUT2D eigenvalue weighted by Gasteiger charge is 2.26. The number of methoxy groups -OCH3 is 1. The highest BCUT2D eigenvalue weighted by molar-refractivity contribution is 9.10. The Bertz CT molecular complexity index is 947. The Kier molecular flexibility index (Phi) is 7.70. The van der Waals surface area contributed by atoms with E-state index in [1.807, 2.05) is 43.3 Å². The van der Waals surface area contributed by atoms with Crippen LogP contribution in [0.15, 0.2) is 57.1 Å². The van der Waals surface area contributed by atoms with E-state index in [1.165, 1.54) is 7.11 Å². The number of nitrogens with one attached hydrogen (secondary N) is 1. The summed E-state index contributed by atoms with van der Waals surface area (Å²) >= 11 is 3.54. The van der Waals surface area contributed by atoms with Crippen molar-refractivity contribution in [3.63, 3.8) is 0 Å². The molecule has 0 radical (unpaired) electrons. The predicted octanol–water partition coefficient (Wildman–Crippen LogP) is 3.60. The van der Waals surface area contributed by atoms with Gasteiger partial charge in [-0.25, -0.2) is 0 Å². The van der Waals surface area contributed by atoms with Crippen LogP contribution in [-0.4, -0.2) is 53.4 Å². The SMILES string of the molecule is CCC(O)CN=C1Nc2ccc(Br)cc2C(c2ccccn2)=N[C@H]1CCC(=O)OC. The van der Waals surface area contributed by atoms with Crippen LogP contribution in [-0.2, 0) is 9.53 Å². The van der Waals surface area contributed by atoms with Gasteiger partial charge in [-0.1, -0.05) is 28.9 Å². The van der Waals surface area contributed by atoms with Crippen LogP contribution in [0.4, 0.5) is 5.69 Å². The number of rotatable bonds is 7. The first-order valence-electron chi connectivity index (χ1n) is 9.87. The van der Waals surface area contributed by atoms with Gasteiger partial charge in [0.2, 0.25) is 0 Å². The minimum Gasteiger partial charge on any atom is -0.469 e. The minimum absolute atomic E-state index is 0.206. The maximum atomic E-state index is 11.8. The van der Waals surface area contributed by atoms with Crippen molar-refractivity contribution < 1.29 is 14.6 Å². The maximum absolute atomic E-state index is 11.8. The summed E-state index contributed by atoms with van der Waals surface area (Å²) in [7, 11) is 1.37. The molecule has 0 saturated carbocycles. The van der Waals surface area contributed by atoms with Gasteiger partial charge in [0.05, 0.1) is 31.2 Å². The fourth-order valence-corrected chi connectivity index (χ4v) is 3.43. The van der Waals surface area contributed by atoms with Gasteiger partial charge in [0.15, 0.2) is 0 Å². The zero-order valence-corrected chi connectivity index (χ0v) is 18.6. The Morgan fingerprint density at radius 2 is 2.20 bits per heavy atom. The van der Waals surface area contributed by atoms with Crippen molar-refractivity contribution in [1.29, 1.82) is 0 Å². The van der Waals surface area contributed by atoms with E-state index in [4.69, 9.17) is 9.73 Å². The zero-order chi connectivity index (χ0) is 21.5. The minimum atomic E-state index is -0.535. The van der Waals surface area contributed by atoms with E-state index in [2.05, 4.69) is 31.2 Å². The van der Waals surface area contributed by atoms with Crippen LogP contribution in [0, 0.1) is 0 Å². The molecule has 2 heterocycles. The van der Waals surface area contributed by atoms with Crippen LogP contribution >= 0.6 is 15.9 Å². The van der Waals surface area contributed by atoms with E-state index in [9.17, 15) is 9.90 Å². The summed E-state index contributed by atoms with van der Waals surface area (Å²) < 4.78 is 5.72. The Hall–Kier alpha value is -2.58. The van der Waals surface area contributed by atoms with Crippen LogP contribution in [0.25, 0.3) is 0 Å². The number of aliphatic hydroxyl groups is 1. The normalized spacial score (nSPS) is 18.1. The summed E-state index contributed by atoms with van der Waals surface area (Å²) in [6.07, 6.45) is 2.43. The molecule has 8 heteroatoms. The predicted molar refractivity (Wildman–Crippen MR) is 121 cm³/mol. The lowest BCUT2D eigenvalue weighted by Gasteiger charge is -2.16. The van der Waals surface area contributed by atoms with E-state index in [0.717, 1.165) is 27.1 Å². The molecule has 158 valence electrons. The van der Waals surface area contributed by atoms with Crippen molar-refractivity contribution >= 4 is 39.1 Å². The molecule has 2 N–H and O–H groups in total. The number of halogens is 1. The molecule has 1 unspecified atom stereocenters. The number of fused-ring (bicyclic) bond motifs is 1. The molecule has 30 heavy (non-hydrogen) atoms. The third-order valence-corrected chi connectivity index (χ3v) is 5.29. The summed E-state index contributed by atoms with van der Waals surface area (Å²) in [5.41, 5.74) is 3.17. The van der Waals surface area contributed by atoms with Crippen molar-refractivity contribution in [3.05, 3.63) is 58.3 Å². The molecule has 0 spiro atoms. The van der Waals surface area contributed by atoms with Gasteiger partial charge in [0, 0.05) is 28.3 Å². The Morgan fingerprint density at radius 3 is 2.90 bits per heavy atom. The summed E-state index contributed by atoms with van der Waals surface area (Å²) in [6.45, 7) is 2.16. The van der Waals surface area contributed by atoms with Crippen molar-refractivity contribution in [1.82, 2.24) is 4.98 Å². The number of carbonyl (C=O) groups excluding carboxylic acids is 1. The number of hydrogen-bond donors (Lipinski definition) is 2. The second-order valence-corrected chi connectivity index (χ2v) is 7.84. The summed E-state index contributed by atoms with van der Waals surface area (Å²) in [6, 6.07) is 11.1. The Labute approximate surface area is 184 Å². The lowest BCUT2D eigenvalue weighted by atomic mass is 10.0. The van der Waals surface area contributed by atoms with Gasteiger partial charge < -0.3 is 15.2 Å². The Morgan fingerprint density at radius 1 is 1.37 bits per heavy atom. The number of pyridine rings is 1. The number of aromatic nitrogens is 1. The highest BCUT2D eigenvalue weighted by Crippen LogP contribution is 2.28. The van der Waals surface area contributed by atoms with Crippen LogP contribution in [0.1, 0.15) is 37.4 Å². The van der Waals surface area contributed by atoms with Crippen molar-refractivity contribution in [2.24, 2.45) is 9.98 Å². The molecular weight excluding hydrogens is 448 g/mol. The molecular formula is C22H25BrN4O3. The van der Waals surface area contributed by atoms with E-state index in [-0.39, 0.29) is 18.9 Å². The highest BCUT2D eigenvalue weighted by atomic mass is 79.9. The van der Waals surface area contributed by atoms with Crippen LogP contribution in [0.5, 0.6) is 0 Å². The largest absolute Gasteiger partial charge is 0.469 e. The molecule has 0 saturated heterocycles. The van der Waals surface area contributed by atoms with Crippen LogP contribution < -0.4 is 5.32 Å². The van der Waals surface area contributed by atoms with Crippen LogP contribution in [0.2, 0.25) is 0 Å². The fraction of sp³-hybridized carbons (Fsp3) is 0.364.